The number of rotatable bonds is 6. The van der Waals surface area contributed by atoms with Crippen molar-refractivity contribution in [2.45, 2.75) is 17.1 Å². The van der Waals surface area contributed by atoms with Crippen molar-refractivity contribution < 1.29 is 9.18 Å². The van der Waals surface area contributed by atoms with Gasteiger partial charge < -0.3 is 5.32 Å². The van der Waals surface area contributed by atoms with Gasteiger partial charge in [0.05, 0.1) is 10.9 Å². The fourth-order valence-corrected chi connectivity index (χ4v) is 3.58. The molecule has 1 heterocycles. The normalized spacial score (nSPS) is 10.5. The zero-order valence-corrected chi connectivity index (χ0v) is 16.2. The van der Waals surface area contributed by atoms with Crippen LogP contribution in [0.2, 0.25) is 0 Å². The minimum absolute atomic E-state index is 0.140. The first-order chi connectivity index (χ1) is 12.6. The van der Waals surface area contributed by atoms with Crippen molar-refractivity contribution in [1.82, 2.24) is 4.98 Å². The van der Waals surface area contributed by atoms with Crippen LogP contribution in [0, 0.1) is 5.82 Å². The molecular formula is C20H16BrFN2OS. The van der Waals surface area contributed by atoms with Gasteiger partial charge >= 0.3 is 0 Å². The number of carbonyl (C=O) groups is 1. The lowest BCUT2D eigenvalue weighted by molar-refractivity contribution is -0.115. The molecule has 1 amide bonds. The summed E-state index contributed by atoms with van der Waals surface area (Å²) in [5.74, 6) is 0.367. The van der Waals surface area contributed by atoms with Gasteiger partial charge in [-0.1, -0.05) is 12.1 Å². The van der Waals surface area contributed by atoms with Crippen molar-refractivity contribution in [2.24, 2.45) is 0 Å². The molecule has 1 aromatic heterocycles. The molecule has 0 aliphatic heterocycles. The highest BCUT2D eigenvalue weighted by atomic mass is 79.9. The molecule has 0 fully saturated rings. The van der Waals surface area contributed by atoms with E-state index in [0.717, 1.165) is 21.9 Å². The maximum Gasteiger partial charge on any atom is 0.228 e. The minimum atomic E-state index is -0.339. The van der Waals surface area contributed by atoms with E-state index in [9.17, 15) is 9.18 Å². The average molecular weight is 431 g/mol. The number of hydrogen-bond acceptors (Lipinski definition) is 3. The van der Waals surface area contributed by atoms with Gasteiger partial charge in [0.1, 0.15) is 5.82 Å². The van der Waals surface area contributed by atoms with Crippen molar-refractivity contribution in [3.63, 3.8) is 0 Å². The summed E-state index contributed by atoms with van der Waals surface area (Å²) >= 11 is 4.84. The molecule has 1 N–H and O–H groups in total. The van der Waals surface area contributed by atoms with E-state index >= 15 is 0 Å². The number of nitrogens with zero attached hydrogens (tertiary/aromatic N) is 1. The average Bonchev–Trinajstić information content (AvgIpc) is 2.65. The lowest BCUT2D eigenvalue weighted by Crippen LogP contribution is -2.14. The third-order valence-corrected chi connectivity index (χ3v) is 5.31. The molecule has 2 aromatic carbocycles. The molecule has 0 radical (unpaired) electrons. The maximum absolute atomic E-state index is 13.2. The van der Waals surface area contributed by atoms with Crippen LogP contribution in [0.5, 0.6) is 0 Å². The smallest absolute Gasteiger partial charge is 0.228 e. The molecule has 132 valence electrons. The van der Waals surface area contributed by atoms with Gasteiger partial charge in [-0.25, -0.2) is 4.39 Å². The number of anilines is 1. The summed E-state index contributed by atoms with van der Waals surface area (Å²) in [5, 5.41) is 2.86. The third-order valence-electron chi connectivity index (χ3n) is 3.62. The second kappa shape index (κ2) is 8.96. The summed E-state index contributed by atoms with van der Waals surface area (Å²) in [7, 11) is 0. The molecule has 3 aromatic rings. The maximum atomic E-state index is 13.2. The van der Waals surface area contributed by atoms with Gasteiger partial charge in [-0.2, -0.15) is 0 Å². The van der Waals surface area contributed by atoms with E-state index in [1.807, 2.05) is 42.6 Å². The Kier molecular flexibility index (Phi) is 6.41. The van der Waals surface area contributed by atoms with Crippen LogP contribution in [0.25, 0.3) is 0 Å². The lowest BCUT2D eigenvalue weighted by Gasteiger charge is -2.07. The number of nitrogens with one attached hydrogen (secondary N) is 1. The Morgan fingerprint density at radius 1 is 1.12 bits per heavy atom. The van der Waals surface area contributed by atoms with Crippen LogP contribution in [-0.4, -0.2) is 10.9 Å². The van der Waals surface area contributed by atoms with E-state index in [0.29, 0.717) is 4.47 Å². The Balaban J connectivity index is 1.53. The highest BCUT2D eigenvalue weighted by Crippen LogP contribution is 2.24. The Bertz CT molecular complexity index is 888. The summed E-state index contributed by atoms with van der Waals surface area (Å²) in [4.78, 5) is 17.4. The molecule has 0 aliphatic rings. The third kappa shape index (κ3) is 5.41. The van der Waals surface area contributed by atoms with Crippen LogP contribution in [0.3, 0.4) is 0 Å². The van der Waals surface area contributed by atoms with Crippen molar-refractivity contribution in [2.75, 3.05) is 5.32 Å². The van der Waals surface area contributed by atoms with Gasteiger partial charge in [-0.05, 0) is 69.5 Å². The predicted molar refractivity (Wildman–Crippen MR) is 107 cm³/mol. The summed E-state index contributed by atoms with van der Waals surface area (Å²) < 4.78 is 13.6. The second-order valence-corrected chi connectivity index (χ2v) is 7.55. The van der Waals surface area contributed by atoms with Crippen LogP contribution < -0.4 is 5.32 Å². The van der Waals surface area contributed by atoms with E-state index in [4.69, 9.17) is 0 Å². The van der Waals surface area contributed by atoms with Gasteiger partial charge in [0, 0.05) is 28.7 Å². The van der Waals surface area contributed by atoms with E-state index in [2.05, 4.69) is 26.2 Å². The van der Waals surface area contributed by atoms with E-state index < -0.39 is 0 Å². The first kappa shape index (κ1) is 18.6. The number of pyridine rings is 1. The highest BCUT2D eigenvalue weighted by Gasteiger charge is 2.07. The summed E-state index contributed by atoms with van der Waals surface area (Å²) in [6.45, 7) is 0. The molecule has 3 nitrogen and oxygen atoms in total. The largest absolute Gasteiger partial charge is 0.326 e. The molecule has 0 saturated carbocycles. The van der Waals surface area contributed by atoms with Crippen molar-refractivity contribution in [3.05, 3.63) is 88.4 Å². The lowest BCUT2D eigenvalue weighted by atomic mass is 10.1. The van der Waals surface area contributed by atoms with Gasteiger partial charge in [0.15, 0.2) is 0 Å². The van der Waals surface area contributed by atoms with E-state index in [-0.39, 0.29) is 18.1 Å². The van der Waals surface area contributed by atoms with Gasteiger partial charge in [0.25, 0.3) is 0 Å². The Labute approximate surface area is 164 Å². The Morgan fingerprint density at radius 2 is 1.92 bits per heavy atom. The number of thioether (sulfide) groups is 1. The van der Waals surface area contributed by atoms with Crippen molar-refractivity contribution in [3.8, 4) is 0 Å². The Hall–Kier alpha value is -2.18. The van der Waals surface area contributed by atoms with Crippen LogP contribution in [0.15, 0.2) is 76.4 Å². The van der Waals surface area contributed by atoms with Crippen LogP contribution in [-0.2, 0) is 17.0 Å². The quantitative estimate of drug-likeness (QED) is 0.528. The number of hydrogen-bond donors (Lipinski definition) is 1. The highest BCUT2D eigenvalue weighted by molar-refractivity contribution is 9.10. The molecule has 0 spiro atoms. The van der Waals surface area contributed by atoms with E-state index in [1.54, 1.807) is 30.1 Å². The molecule has 0 unspecified atom stereocenters. The fourth-order valence-electron chi connectivity index (χ4n) is 2.32. The van der Waals surface area contributed by atoms with Crippen LogP contribution in [0.1, 0.15) is 11.1 Å². The molecule has 0 bridgehead atoms. The Morgan fingerprint density at radius 3 is 2.62 bits per heavy atom. The molecular weight excluding hydrogens is 415 g/mol. The van der Waals surface area contributed by atoms with Gasteiger partial charge in [-0.15, -0.1) is 11.8 Å². The van der Waals surface area contributed by atoms with Crippen LogP contribution >= 0.6 is 27.7 Å². The second-order valence-electron chi connectivity index (χ2n) is 5.65. The molecule has 26 heavy (non-hydrogen) atoms. The summed E-state index contributed by atoms with van der Waals surface area (Å²) in [6, 6.07) is 16.3. The first-order valence-corrected chi connectivity index (χ1v) is 9.73. The summed E-state index contributed by atoms with van der Waals surface area (Å²) in [6.07, 6.45) is 3.81. The molecule has 0 saturated heterocycles. The van der Waals surface area contributed by atoms with Gasteiger partial charge in [-0.3, -0.25) is 9.78 Å². The standard InChI is InChI=1S/C20H16BrFN2OS/c21-18-10-14(3-8-19(18)22)11-20(25)24-16-4-6-17(7-5-16)26-13-15-2-1-9-23-12-15/h1-10,12H,11,13H2,(H,24,25). The molecule has 3 rings (SSSR count). The monoisotopic (exact) mass is 430 g/mol. The topological polar surface area (TPSA) is 42.0 Å². The van der Waals surface area contributed by atoms with Crippen LogP contribution in [0.4, 0.5) is 10.1 Å². The molecule has 0 atom stereocenters. The predicted octanol–water partition coefficient (Wildman–Crippen LogP) is 5.46. The van der Waals surface area contributed by atoms with E-state index in [1.165, 1.54) is 11.6 Å². The van der Waals surface area contributed by atoms with Crippen molar-refractivity contribution >= 4 is 39.3 Å². The molecule has 0 aliphatic carbocycles. The summed E-state index contributed by atoms with van der Waals surface area (Å²) in [5.41, 5.74) is 2.65. The number of amides is 1. The SMILES string of the molecule is O=C(Cc1ccc(F)c(Br)c1)Nc1ccc(SCc2cccnc2)cc1. The molecule has 6 heteroatoms. The fraction of sp³-hybridized carbons (Fsp3) is 0.100. The van der Waals surface area contributed by atoms with Crippen molar-refractivity contribution in [1.29, 1.82) is 0 Å². The number of halogens is 2. The minimum Gasteiger partial charge on any atom is -0.326 e. The van der Waals surface area contributed by atoms with Gasteiger partial charge in [0.2, 0.25) is 5.91 Å². The number of benzene rings is 2. The first-order valence-electron chi connectivity index (χ1n) is 7.96. The zero-order chi connectivity index (χ0) is 18.4. The number of aromatic nitrogens is 1. The number of carbonyl (C=O) groups excluding carboxylic acids is 1. The zero-order valence-electron chi connectivity index (χ0n) is 13.8.